The van der Waals surface area contributed by atoms with E-state index in [-0.39, 0.29) is 10.5 Å². The highest BCUT2D eigenvalue weighted by Crippen LogP contribution is 2.23. The first kappa shape index (κ1) is 13.3. The number of pyridine rings is 1. The fourth-order valence-corrected chi connectivity index (χ4v) is 2.51. The second-order valence-electron chi connectivity index (χ2n) is 4.01. The van der Waals surface area contributed by atoms with E-state index in [1.165, 1.54) is 10.8 Å². The molecule has 0 amide bonds. The highest BCUT2D eigenvalue weighted by molar-refractivity contribution is 9.10. The van der Waals surface area contributed by atoms with E-state index < -0.39 is 17.5 Å². The lowest BCUT2D eigenvalue weighted by molar-refractivity contribution is 0.446. The molecule has 0 saturated heterocycles. The van der Waals surface area contributed by atoms with Crippen LogP contribution >= 0.6 is 28.1 Å². The average Bonchev–Trinajstić information content (AvgIpc) is 2.70. The summed E-state index contributed by atoms with van der Waals surface area (Å²) >= 11 is 8.37. The van der Waals surface area contributed by atoms with Gasteiger partial charge in [0, 0.05) is 22.8 Å². The SMILES string of the molecule is Fc1cc(-n2c(=S)[nH]c3cc(Br)cnc32)cc(F)c1F. The van der Waals surface area contributed by atoms with E-state index >= 15 is 0 Å². The van der Waals surface area contributed by atoms with Crippen molar-refractivity contribution in [2.75, 3.05) is 0 Å². The van der Waals surface area contributed by atoms with Gasteiger partial charge in [-0.3, -0.25) is 4.57 Å². The second kappa shape index (κ2) is 4.71. The third-order valence-corrected chi connectivity index (χ3v) is 3.43. The molecule has 1 N–H and O–H groups in total. The topological polar surface area (TPSA) is 33.6 Å². The van der Waals surface area contributed by atoms with Crippen LogP contribution in [0.2, 0.25) is 0 Å². The van der Waals surface area contributed by atoms with Gasteiger partial charge in [-0.15, -0.1) is 0 Å². The summed E-state index contributed by atoms with van der Waals surface area (Å²) in [5.74, 6) is -4.09. The normalized spacial score (nSPS) is 11.2. The van der Waals surface area contributed by atoms with E-state index in [0.717, 1.165) is 16.6 Å². The molecule has 0 aliphatic rings. The van der Waals surface area contributed by atoms with Gasteiger partial charge in [0.15, 0.2) is 27.9 Å². The van der Waals surface area contributed by atoms with Crippen LogP contribution in [0.3, 0.4) is 0 Å². The maximum Gasteiger partial charge on any atom is 0.194 e. The summed E-state index contributed by atoms with van der Waals surface area (Å²) < 4.78 is 41.9. The molecule has 0 bridgehead atoms. The average molecular weight is 360 g/mol. The van der Waals surface area contributed by atoms with Crippen molar-refractivity contribution in [2.45, 2.75) is 0 Å². The molecule has 3 nitrogen and oxygen atoms in total. The Labute approximate surface area is 124 Å². The molecule has 0 fully saturated rings. The molecule has 3 rings (SSSR count). The standard InChI is InChI=1S/C12H5BrF3N3S/c13-5-1-9-11(17-4-5)19(12(20)18-9)6-2-7(14)10(16)8(15)3-6/h1-4H,(H,18,20). The Bertz CT molecular complexity index is 864. The largest absolute Gasteiger partial charge is 0.329 e. The molecule has 0 radical (unpaired) electrons. The monoisotopic (exact) mass is 359 g/mol. The van der Waals surface area contributed by atoms with Crippen molar-refractivity contribution in [3.05, 3.63) is 51.1 Å². The van der Waals surface area contributed by atoms with Gasteiger partial charge >= 0.3 is 0 Å². The van der Waals surface area contributed by atoms with E-state index in [1.54, 1.807) is 6.07 Å². The molecule has 3 aromatic rings. The molecule has 0 atom stereocenters. The molecule has 8 heteroatoms. The minimum Gasteiger partial charge on any atom is -0.329 e. The van der Waals surface area contributed by atoms with Gasteiger partial charge in [-0.05, 0) is 34.2 Å². The molecule has 0 spiro atoms. The molecular weight excluding hydrogens is 355 g/mol. The van der Waals surface area contributed by atoms with Crippen LogP contribution in [0.5, 0.6) is 0 Å². The number of nitrogens with zero attached hydrogens (tertiary/aromatic N) is 2. The molecule has 1 aromatic carbocycles. The smallest absolute Gasteiger partial charge is 0.194 e. The van der Waals surface area contributed by atoms with Crippen molar-refractivity contribution in [3.63, 3.8) is 0 Å². The third-order valence-electron chi connectivity index (χ3n) is 2.72. The Hall–Kier alpha value is -1.67. The molecule has 0 saturated carbocycles. The second-order valence-corrected chi connectivity index (χ2v) is 5.32. The Balaban J connectivity index is 2.35. The molecule has 20 heavy (non-hydrogen) atoms. The number of fused-ring (bicyclic) bond motifs is 1. The van der Waals surface area contributed by atoms with Gasteiger partial charge in [0.1, 0.15) is 0 Å². The summed E-state index contributed by atoms with van der Waals surface area (Å²) in [5, 5.41) is 0. The minimum atomic E-state index is -1.52. The van der Waals surface area contributed by atoms with Crippen molar-refractivity contribution in [1.29, 1.82) is 0 Å². The summed E-state index contributed by atoms with van der Waals surface area (Å²) in [7, 11) is 0. The first-order valence-electron chi connectivity index (χ1n) is 5.38. The van der Waals surface area contributed by atoms with Crippen molar-refractivity contribution in [2.24, 2.45) is 0 Å². The number of aromatic amines is 1. The van der Waals surface area contributed by atoms with Gasteiger partial charge in [0.05, 0.1) is 11.2 Å². The van der Waals surface area contributed by atoms with Crippen molar-refractivity contribution < 1.29 is 13.2 Å². The number of halogens is 4. The van der Waals surface area contributed by atoms with Crippen molar-refractivity contribution in [1.82, 2.24) is 14.5 Å². The van der Waals surface area contributed by atoms with Gasteiger partial charge in [-0.1, -0.05) is 0 Å². The summed E-state index contributed by atoms with van der Waals surface area (Å²) in [6.07, 6.45) is 1.53. The number of benzene rings is 1. The van der Waals surface area contributed by atoms with Gasteiger partial charge in [-0.25, -0.2) is 18.2 Å². The highest BCUT2D eigenvalue weighted by atomic mass is 79.9. The maximum atomic E-state index is 13.3. The van der Waals surface area contributed by atoms with Crippen LogP contribution in [0.15, 0.2) is 28.9 Å². The van der Waals surface area contributed by atoms with Crippen LogP contribution in [0.4, 0.5) is 13.2 Å². The number of hydrogen-bond acceptors (Lipinski definition) is 2. The van der Waals surface area contributed by atoms with Crippen LogP contribution in [-0.2, 0) is 0 Å². The van der Waals surface area contributed by atoms with Crippen LogP contribution in [0, 0.1) is 22.2 Å². The van der Waals surface area contributed by atoms with E-state index in [4.69, 9.17) is 12.2 Å². The lowest BCUT2D eigenvalue weighted by Crippen LogP contribution is -2.00. The predicted octanol–water partition coefficient (Wildman–Crippen LogP) is 4.26. The summed E-state index contributed by atoms with van der Waals surface area (Å²) in [5.41, 5.74) is 1.05. The van der Waals surface area contributed by atoms with E-state index in [1.807, 2.05) is 0 Å². The Morgan fingerprint density at radius 3 is 2.45 bits per heavy atom. The van der Waals surface area contributed by atoms with Crippen LogP contribution in [-0.4, -0.2) is 14.5 Å². The summed E-state index contributed by atoms with van der Waals surface area (Å²) in [4.78, 5) is 7.01. The van der Waals surface area contributed by atoms with Crippen molar-refractivity contribution >= 4 is 39.3 Å². The van der Waals surface area contributed by atoms with Crippen LogP contribution in [0.1, 0.15) is 0 Å². The Morgan fingerprint density at radius 2 is 1.80 bits per heavy atom. The van der Waals surface area contributed by atoms with E-state index in [2.05, 4.69) is 25.9 Å². The quantitative estimate of drug-likeness (QED) is 0.520. The van der Waals surface area contributed by atoms with E-state index in [9.17, 15) is 13.2 Å². The number of H-pyrrole nitrogens is 1. The first-order chi connectivity index (χ1) is 9.47. The predicted molar refractivity (Wildman–Crippen MR) is 73.8 cm³/mol. The molecular formula is C12H5BrF3N3S. The zero-order chi connectivity index (χ0) is 14.4. The fraction of sp³-hybridized carbons (Fsp3) is 0. The number of nitrogens with one attached hydrogen (secondary N) is 1. The fourth-order valence-electron chi connectivity index (χ4n) is 1.88. The minimum absolute atomic E-state index is 0.0625. The molecule has 0 aliphatic heterocycles. The lowest BCUT2D eigenvalue weighted by atomic mass is 10.3. The third kappa shape index (κ3) is 2.04. The number of imidazole rings is 1. The summed E-state index contributed by atoms with van der Waals surface area (Å²) in [6.45, 7) is 0. The number of aromatic nitrogens is 3. The first-order valence-corrected chi connectivity index (χ1v) is 6.58. The van der Waals surface area contributed by atoms with Gasteiger partial charge < -0.3 is 4.98 Å². The number of hydrogen-bond donors (Lipinski definition) is 1. The van der Waals surface area contributed by atoms with Crippen LogP contribution in [0.25, 0.3) is 16.9 Å². The molecule has 2 heterocycles. The molecule has 0 aliphatic carbocycles. The highest BCUT2D eigenvalue weighted by Gasteiger charge is 2.14. The zero-order valence-electron chi connectivity index (χ0n) is 9.62. The maximum absolute atomic E-state index is 13.3. The van der Waals surface area contributed by atoms with E-state index in [0.29, 0.717) is 11.2 Å². The number of rotatable bonds is 1. The Kier molecular flexibility index (Phi) is 3.14. The van der Waals surface area contributed by atoms with Crippen molar-refractivity contribution in [3.8, 4) is 5.69 Å². The lowest BCUT2D eigenvalue weighted by Gasteiger charge is -2.05. The molecule has 0 unspecified atom stereocenters. The van der Waals surface area contributed by atoms with Crippen LogP contribution < -0.4 is 0 Å². The van der Waals surface area contributed by atoms with Gasteiger partial charge in [0.2, 0.25) is 0 Å². The molecule has 102 valence electrons. The van der Waals surface area contributed by atoms with Gasteiger partial charge in [0.25, 0.3) is 0 Å². The summed E-state index contributed by atoms with van der Waals surface area (Å²) in [6, 6.07) is 3.46. The Morgan fingerprint density at radius 1 is 1.15 bits per heavy atom. The molecule has 2 aromatic heterocycles. The van der Waals surface area contributed by atoms with Gasteiger partial charge in [-0.2, -0.15) is 0 Å². The zero-order valence-corrected chi connectivity index (χ0v) is 12.0.